The van der Waals surface area contributed by atoms with Crippen LogP contribution in [0.4, 0.5) is 5.69 Å². The van der Waals surface area contributed by atoms with Crippen LogP contribution in [0.15, 0.2) is 17.2 Å². The fourth-order valence-electron chi connectivity index (χ4n) is 1.39. The van der Waals surface area contributed by atoms with E-state index in [9.17, 15) is 0 Å². The molecule has 0 unspecified atom stereocenters. The molecule has 0 aliphatic carbocycles. The first-order valence-corrected chi connectivity index (χ1v) is 4.51. The molecule has 0 aliphatic heterocycles. The molecule has 0 saturated carbocycles. The van der Waals surface area contributed by atoms with Gasteiger partial charge in [-0.05, 0) is 42.6 Å². The molecular weight excluding hydrogens is 188 g/mol. The Bertz CT molecular complexity index is 450. The molecule has 0 saturated heterocycles. The SMILES string of the molecule is Cc1cc(N)cc(C)c1C#CCN=[N+]=[N-]. The van der Waals surface area contributed by atoms with Crippen molar-refractivity contribution in [2.24, 2.45) is 5.11 Å². The number of hydrogen-bond acceptors (Lipinski definition) is 2. The molecule has 1 aromatic rings. The number of anilines is 1. The quantitative estimate of drug-likeness (QED) is 0.244. The molecule has 0 heterocycles. The predicted octanol–water partition coefficient (Wildman–Crippen LogP) is 2.55. The summed E-state index contributed by atoms with van der Waals surface area (Å²) in [5.41, 5.74) is 17.6. The zero-order valence-electron chi connectivity index (χ0n) is 8.78. The summed E-state index contributed by atoms with van der Waals surface area (Å²) in [5.74, 6) is 5.77. The highest BCUT2D eigenvalue weighted by Crippen LogP contribution is 2.16. The third-order valence-corrected chi connectivity index (χ3v) is 1.98. The van der Waals surface area contributed by atoms with Crippen molar-refractivity contribution in [3.05, 3.63) is 39.3 Å². The van der Waals surface area contributed by atoms with Crippen molar-refractivity contribution in [3.63, 3.8) is 0 Å². The summed E-state index contributed by atoms with van der Waals surface area (Å²) < 4.78 is 0. The van der Waals surface area contributed by atoms with E-state index in [0.29, 0.717) is 0 Å². The van der Waals surface area contributed by atoms with Gasteiger partial charge in [0.05, 0.1) is 6.54 Å². The molecule has 0 radical (unpaired) electrons. The van der Waals surface area contributed by atoms with Gasteiger partial charge < -0.3 is 5.73 Å². The number of nitrogens with two attached hydrogens (primary N) is 1. The van der Waals surface area contributed by atoms with E-state index >= 15 is 0 Å². The minimum Gasteiger partial charge on any atom is -0.399 e. The average Bonchev–Trinajstić information content (AvgIpc) is 2.15. The number of hydrogen-bond donors (Lipinski definition) is 1. The van der Waals surface area contributed by atoms with E-state index in [1.807, 2.05) is 26.0 Å². The molecule has 0 spiro atoms. The highest BCUT2D eigenvalue weighted by Gasteiger charge is 1.99. The van der Waals surface area contributed by atoms with Crippen molar-refractivity contribution in [2.45, 2.75) is 13.8 Å². The van der Waals surface area contributed by atoms with Crippen LogP contribution in [0.5, 0.6) is 0 Å². The van der Waals surface area contributed by atoms with Crippen LogP contribution in [-0.4, -0.2) is 6.54 Å². The van der Waals surface area contributed by atoms with Gasteiger partial charge in [0.25, 0.3) is 0 Å². The summed E-state index contributed by atoms with van der Waals surface area (Å²) >= 11 is 0. The van der Waals surface area contributed by atoms with Crippen LogP contribution in [-0.2, 0) is 0 Å². The first-order valence-electron chi connectivity index (χ1n) is 4.51. The van der Waals surface area contributed by atoms with Crippen molar-refractivity contribution in [3.8, 4) is 11.8 Å². The van der Waals surface area contributed by atoms with Crippen molar-refractivity contribution >= 4 is 5.69 Å². The van der Waals surface area contributed by atoms with Crippen LogP contribution in [0.2, 0.25) is 0 Å². The highest BCUT2D eigenvalue weighted by atomic mass is 15.1. The third-order valence-electron chi connectivity index (χ3n) is 1.98. The van der Waals surface area contributed by atoms with Gasteiger partial charge in [-0.2, -0.15) is 0 Å². The lowest BCUT2D eigenvalue weighted by atomic mass is 10.0. The third kappa shape index (κ3) is 2.94. The second-order valence-electron chi connectivity index (χ2n) is 3.22. The summed E-state index contributed by atoms with van der Waals surface area (Å²) in [4.78, 5) is 2.63. The minimum absolute atomic E-state index is 0.194. The van der Waals surface area contributed by atoms with Crippen molar-refractivity contribution in [1.82, 2.24) is 0 Å². The number of aryl methyl sites for hydroxylation is 2. The van der Waals surface area contributed by atoms with Gasteiger partial charge in [-0.25, -0.2) is 0 Å². The number of rotatable bonds is 1. The van der Waals surface area contributed by atoms with E-state index < -0.39 is 0 Å². The summed E-state index contributed by atoms with van der Waals surface area (Å²) in [7, 11) is 0. The lowest BCUT2D eigenvalue weighted by Crippen LogP contribution is -1.92. The molecule has 2 N–H and O–H groups in total. The molecule has 0 aromatic heterocycles. The van der Waals surface area contributed by atoms with Crippen molar-refractivity contribution in [1.29, 1.82) is 0 Å². The lowest BCUT2D eigenvalue weighted by molar-refractivity contribution is 1.25. The van der Waals surface area contributed by atoms with Crippen LogP contribution < -0.4 is 5.73 Å². The summed E-state index contributed by atoms with van der Waals surface area (Å²) in [5, 5.41) is 3.35. The molecule has 0 atom stereocenters. The van der Waals surface area contributed by atoms with Crippen LogP contribution in [0.1, 0.15) is 16.7 Å². The molecule has 1 rings (SSSR count). The molecular formula is C11H12N4. The van der Waals surface area contributed by atoms with Crippen LogP contribution in [0.3, 0.4) is 0 Å². The zero-order chi connectivity index (χ0) is 11.3. The minimum atomic E-state index is 0.194. The molecule has 0 fully saturated rings. The van der Waals surface area contributed by atoms with Gasteiger partial charge in [-0.3, -0.25) is 0 Å². The topological polar surface area (TPSA) is 74.8 Å². The number of benzene rings is 1. The van der Waals surface area contributed by atoms with Gasteiger partial charge >= 0.3 is 0 Å². The molecule has 1 aromatic carbocycles. The fraction of sp³-hybridized carbons (Fsp3) is 0.273. The standard InChI is InChI=1S/C11H12N4/c1-8-6-10(12)7-9(2)11(8)4-3-5-14-15-13/h6-7H,5,12H2,1-2H3. The number of azide groups is 1. The Kier molecular flexibility index (Phi) is 3.61. The van der Waals surface area contributed by atoms with E-state index in [-0.39, 0.29) is 6.54 Å². The largest absolute Gasteiger partial charge is 0.399 e. The Balaban J connectivity index is 3.02. The first-order chi connectivity index (χ1) is 7.15. The Hall–Kier alpha value is -2.11. The van der Waals surface area contributed by atoms with Gasteiger partial charge in [0, 0.05) is 16.2 Å². The lowest BCUT2D eigenvalue weighted by Gasteiger charge is -2.04. The molecule has 15 heavy (non-hydrogen) atoms. The summed E-state index contributed by atoms with van der Waals surface area (Å²) in [6, 6.07) is 3.76. The monoisotopic (exact) mass is 200 g/mol. The second kappa shape index (κ2) is 4.94. The van der Waals surface area contributed by atoms with E-state index in [1.165, 1.54) is 0 Å². The molecule has 76 valence electrons. The van der Waals surface area contributed by atoms with Gasteiger partial charge in [0.2, 0.25) is 0 Å². The Morgan fingerprint density at radius 1 is 1.40 bits per heavy atom. The smallest absolute Gasteiger partial charge is 0.0880 e. The first kappa shape index (κ1) is 11.0. The van der Waals surface area contributed by atoms with Crippen LogP contribution in [0.25, 0.3) is 10.4 Å². The van der Waals surface area contributed by atoms with E-state index in [0.717, 1.165) is 22.4 Å². The molecule has 0 aliphatic rings. The van der Waals surface area contributed by atoms with Crippen molar-refractivity contribution < 1.29 is 0 Å². The van der Waals surface area contributed by atoms with Gasteiger partial charge in [-0.1, -0.05) is 17.0 Å². The van der Waals surface area contributed by atoms with Crippen LogP contribution in [0, 0.1) is 25.7 Å². The maximum absolute atomic E-state index is 8.08. The average molecular weight is 200 g/mol. The molecule has 0 bridgehead atoms. The Morgan fingerprint density at radius 2 is 2.00 bits per heavy atom. The Morgan fingerprint density at radius 3 is 2.53 bits per heavy atom. The van der Waals surface area contributed by atoms with Crippen LogP contribution >= 0.6 is 0 Å². The van der Waals surface area contributed by atoms with E-state index in [4.69, 9.17) is 11.3 Å². The summed E-state index contributed by atoms with van der Waals surface area (Å²) in [6.07, 6.45) is 0. The molecule has 4 nitrogen and oxygen atoms in total. The number of nitrogen functional groups attached to an aromatic ring is 1. The van der Waals surface area contributed by atoms with Crippen molar-refractivity contribution in [2.75, 3.05) is 12.3 Å². The van der Waals surface area contributed by atoms with E-state index in [2.05, 4.69) is 21.9 Å². The molecule has 0 amide bonds. The maximum Gasteiger partial charge on any atom is 0.0880 e. The van der Waals surface area contributed by atoms with Gasteiger partial charge in [0.15, 0.2) is 0 Å². The highest BCUT2D eigenvalue weighted by molar-refractivity contribution is 5.54. The predicted molar refractivity (Wildman–Crippen MR) is 61.2 cm³/mol. The number of nitrogens with zero attached hydrogens (tertiary/aromatic N) is 3. The molecule has 4 heteroatoms. The second-order valence-corrected chi connectivity index (χ2v) is 3.22. The Labute approximate surface area is 88.7 Å². The van der Waals surface area contributed by atoms with Gasteiger partial charge in [0.1, 0.15) is 0 Å². The fourth-order valence-corrected chi connectivity index (χ4v) is 1.39. The zero-order valence-corrected chi connectivity index (χ0v) is 8.78. The summed E-state index contributed by atoms with van der Waals surface area (Å²) in [6.45, 7) is 4.11. The maximum atomic E-state index is 8.08. The normalized spacial score (nSPS) is 8.67. The van der Waals surface area contributed by atoms with Gasteiger partial charge in [-0.15, -0.1) is 0 Å². The van der Waals surface area contributed by atoms with E-state index in [1.54, 1.807) is 0 Å².